The number of carbonyl (C=O) groups is 1. The van der Waals surface area contributed by atoms with Crippen molar-refractivity contribution in [2.45, 2.75) is 32.6 Å². The average molecular weight is 413 g/mol. The van der Waals surface area contributed by atoms with Gasteiger partial charge in [0.15, 0.2) is 0 Å². The van der Waals surface area contributed by atoms with E-state index in [-0.39, 0.29) is 5.78 Å². The normalized spacial score (nSPS) is 12.7. The van der Waals surface area contributed by atoms with Crippen LogP contribution in [0.2, 0.25) is 19.3 Å². The molecule has 2 heteroatoms. The van der Waals surface area contributed by atoms with Crippen LogP contribution in [0.3, 0.4) is 0 Å². The van der Waals surface area contributed by atoms with E-state index in [0.717, 1.165) is 5.56 Å². The van der Waals surface area contributed by atoms with Gasteiger partial charge in [0.2, 0.25) is 0 Å². The molecule has 0 aliphatic heterocycles. The number of carbonyl (C=O) groups excluding carboxylic acids is 1. The first-order chi connectivity index (χ1) is 10.9. The van der Waals surface area contributed by atoms with Crippen LogP contribution in [0.25, 0.3) is 5.57 Å². The molecular weight excluding hydrogens is 387 g/mol. The van der Waals surface area contributed by atoms with Crippen LogP contribution in [-0.4, -0.2) is 24.2 Å². The zero-order valence-corrected chi connectivity index (χ0v) is 17.5. The van der Waals surface area contributed by atoms with Gasteiger partial charge in [-0.25, -0.2) is 0 Å². The molecule has 1 nitrogen and oxygen atoms in total. The van der Waals surface area contributed by atoms with E-state index in [1.54, 1.807) is 0 Å². The number of ketones is 1. The first kappa shape index (κ1) is 18.0. The van der Waals surface area contributed by atoms with Gasteiger partial charge in [-0.3, -0.25) is 0 Å². The van der Waals surface area contributed by atoms with Gasteiger partial charge < -0.3 is 0 Å². The molecule has 2 aromatic carbocycles. The molecule has 0 heterocycles. The van der Waals surface area contributed by atoms with Crippen LogP contribution in [0.4, 0.5) is 0 Å². The van der Waals surface area contributed by atoms with Crippen LogP contribution in [0.5, 0.6) is 0 Å². The minimum atomic E-state index is -2.01. The predicted octanol–water partition coefficient (Wildman–Crippen LogP) is 6.07. The second-order valence-corrected chi connectivity index (χ2v) is 23.0. The van der Waals surface area contributed by atoms with Gasteiger partial charge in [-0.2, -0.15) is 0 Å². The van der Waals surface area contributed by atoms with Crippen LogP contribution in [-0.2, 0) is 0 Å². The van der Waals surface area contributed by atoms with E-state index in [9.17, 15) is 4.79 Å². The Kier molecular flexibility index (Phi) is 6.23. The summed E-state index contributed by atoms with van der Waals surface area (Å²) in [5, 5.41) is 0. The first-order valence-corrected chi connectivity index (χ1v) is 18.8. The number of benzene rings is 2. The van der Waals surface area contributed by atoms with E-state index in [1.807, 2.05) is 36.4 Å². The monoisotopic (exact) mass is 414 g/mol. The molecule has 0 fully saturated rings. The van der Waals surface area contributed by atoms with Gasteiger partial charge in [-0.05, 0) is 0 Å². The van der Waals surface area contributed by atoms with Gasteiger partial charge in [-0.1, -0.05) is 0 Å². The molecule has 0 aromatic heterocycles. The summed E-state index contributed by atoms with van der Waals surface area (Å²) in [4.78, 5) is 19.9. The van der Waals surface area contributed by atoms with Crippen LogP contribution >= 0.6 is 0 Å². The molecule has 0 saturated carbocycles. The van der Waals surface area contributed by atoms with Crippen molar-refractivity contribution in [2.24, 2.45) is 0 Å². The standard InChI is InChI=1S/C18H17O.3CH3.Sn/c1-14(15(2)16-9-5-3-6-10-16)13-18(19)17-11-7-4-8-12-17;;;;/h3-12H,2,13H2,1H3;3*1H3;/b15-14+;;;;. The Labute approximate surface area is 144 Å². The molecule has 0 amide bonds. The fourth-order valence-corrected chi connectivity index (χ4v) is 7.21. The van der Waals surface area contributed by atoms with Crippen molar-refractivity contribution in [3.8, 4) is 0 Å². The summed E-state index contributed by atoms with van der Waals surface area (Å²) in [6, 6.07) is 20.2. The molecule has 23 heavy (non-hydrogen) atoms. The van der Waals surface area contributed by atoms with Gasteiger partial charge in [0, 0.05) is 0 Å². The topological polar surface area (TPSA) is 17.1 Å². The van der Waals surface area contributed by atoms with Crippen molar-refractivity contribution in [1.82, 2.24) is 0 Å². The second-order valence-electron chi connectivity index (χ2n) is 7.33. The molecule has 0 radical (unpaired) electrons. The van der Waals surface area contributed by atoms with Crippen molar-refractivity contribution < 1.29 is 4.79 Å². The summed E-state index contributed by atoms with van der Waals surface area (Å²) in [7, 11) is 0. The van der Waals surface area contributed by atoms with Gasteiger partial charge in [-0.15, -0.1) is 0 Å². The zero-order valence-electron chi connectivity index (χ0n) is 14.6. The third-order valence-electron chi connectivity index (χ3n) is 3.87. The summed E-state index contributed by atoms with van der Waals surface area (Å²) < 4.78 is 1.17. The Bertz CT molecular complexity index is 679. The minimum absolute atomic E-state index is 0.209. The van der Waals surface area contributed by atoms with E-state index in [1.165, 1.54) is 21.1 Å². The van der Waals surface area contributed by atoms with Gasteiger partial charge >= 0.3 is 144 Å². The molecule has 2 aromatic rings. The molecule has 0 atom stereocenters. The third-order valence-corrected chi connectivity index (χ3v) is 7.90. The summed E-state index contributed by atoms with van der Waals surface area (Å²) in [5.74, 6) is 0.209. The maximum absolute atomic E-state index is 12.5. The molecule has 0 N–H and O–H groups in total. The molecule has 0 aliphatic rings. The van der Waals surface area contributed by atoms with Crippen molar-refractivity contribution >= 4 is 29.7 Å². The Hall–Kier alpha value is -1.35. The van der Waals surface area contributed by atoms with Crippen molar-refractivity contribution in [3.05, 3.63) is 77.4 Å². The summed E-state index contributed by atoms with van der Waals surface area (Å²) in [5.41, 5.74) is 4.69. The molecule has 0 bridgehead atoms. The Balaban J connectivity index is 2.32. The fourth-order valence-electron chi connectivity index (χ4n) is 2.74. The Morgan fingerprint density at radius 1 is 0.826 bits per heavy atom. The van der Waals surface area contributed by atoms with Gasteiger partial charge in [0.1, 0.15) is 0 Å². The summed E-state index contributed by atoms with van der Waals surface area (Å²) >= 11 is -2.01. The summed E-state index contributed by atoms with van der Waals surface area (Å²) in [6.45, 7) is 2.13. The molecule has 0 aliphatic carbocycles. The molecular formula is C21H26OSn. The third kappa shape index (κ3) is 5.65. The van der Waals surface area contributed by atoms with E-state index in [0.29, 0.717) is 6.42 Å². The quantitative estimate of drug-likeness (QED) is 0.415. The molecule has 0 spiro atoms. The molecule has 2 rings (SSSR count). The predicted molar refractivity (Wildman–Crippen MR) is 103 cm³/mol. The number of hydrogen-bond acceptors (Lipinski definition) is 1. The number of allylic oxidation sites excluding steroid dienone is 2. The SMILES string of the molecule is C/C(CC(=O)c1ccccc1)=C(/[CH2][Sn]([CH3])([CH3])[CH3])c1ccccc1. The number of Topliss-reactive ketones (excluding diaryl/α,β-unsaturated/α-hetero) is 1. The fraction of sp³-hybridized carbons (Fsp3) is 0.286. The van der Waals surface area contributed by atoms with Crippen LogP contribution < -0.4 is 0 Å². The van der Waals surface area contributed by atoms with E-state index >= 15 is 0 Å². The number of hydrogen-bond donors (Lipinski definition) is 0. The van der Waals surface area contributed by atoms with Crippen LogP contribution in [0.1, 0.15) is 29.3 Å². The van der Waals surface area contributed by atoms with Crippen LogP contribution in [0.15, 0.2) is 66.2 Å². The summed E-state index contributed by atoms with van der Waals surface area (Å²) in [6.07, 6.45) is 0.510. The second kappa shape index (κ2) is 7.96. The van der Waals surface area contributed by atoms with E-state index in [2.05, 4.69) is 46.0 Å². The van der Waals surface area contributed by atoms with Crippen molar-refractivity contribution in [1.29, 1.82) is 0 Å². The number of rotatable bonds is 6. The molecule has 120 valence electrons. The van der Waals surface area contributed by atoms with E-state index in [4.69, 9.17) is 0 Å². The first-order valence-electron chi connectivity index (χ1n) is 8.19. The average Bonchev–Trinajstić information content (AvgIpc) is 2.53. The van der Waals surface area contributed by atoms with Crippen LogP contribution in [0, 0.1) is 0 Å². The van der Waals surface area contributed by atoms with Gasteiger partial charge in [0.05, 0.1) is 0 Å². The maximum atomic E-state index is 12.5. The molecule has 0 unspecified atom stereocenters. The van der Waals surface area contributed by atoms with E-state index < -0.39 is 18.4 Å². The van der Waals surface area contributed by atoms with Gasteiger partial charge in [0.25, 0.3) is 0 Å². The van der Waals surface area contributed by atoms with Crippen molar-refractivity contribution in [3.63, 3.8) is 0 Å². The Morgan fingerprint density at radius 3 is 1.78 bits per heavy atom. The Morgan fingerprint density at radius 2 is 1.30 bits per heavy atom. The van der Waals surface area contributed by atoms with Crippen molar-refractivity contribution in [2.75, 3.05) is 0 Å². The zero-order chi connectivity index (χ0) is 16.9. The molecule has 0 saturated heterocycles.